The summed E-state index contributed by atoms with van der Waals surface area (Å²) in [4.78, 5) is 0. The van der Waals surface area contributed by atoms with Gasteiger partial charge in [0.25, 0.3) is 0 Å². The van der Waals surface area contributed by atoms with E-state index in [1.165, 1.54) is 17.4 Å². The zero-order valence-corrected chi connectivity index (χ0v) is 15.3. The van der Waals surface area contributed by atoms with Crippen molar-refractivity contribution in [3.63, 3.8) is 0 Å². The van der Waals surface area contributed by atoms with E-state index >= 15 is 0 Å². The average Bonchev–Trinajstić information content (AvgIpc) is 2.76. The third-order valence-corrected chi connectivity index (χ3v) is 5.15. The molecular weight excluding hydrogens is 396 g/mol. The smallest absolute Gasteiger partial charge is 0.127 e. The summed E-state index contributed by atoms with van der Waals surface area (Å²) in [5.74, 6) is -0.217. The van der Waals surface area contributed by atoms with Crippen molar-refractivity contribution in [2.75, 3.05) is 6.54 Å². The molecule has 0 bridgehead atoms. The van der Waals surface area contributed by atoms with Gasteiger partial charge in [-0.1, -0.05) is 52.1 Å². The highest BCUT2D eigenvalue weighted by Crippen LogP contribution is 2.36. The Morgan fingerprint density at radius 2 is 2.10 bits per heavy atom. The fourth-order valence-corrected chi connectivity index (χ4v) is 4.02. The molecule has 1 aromatic carbocycles. The molecular formula is C15H15BrCl2FNS. The van der Waals surface area contributed by atoms with Crippen molar-refractivity contribution < 1.29 is 4.39 Å². The van der Waals surface area contributed by atoms with E-state index in [9.17, 15) is 4.39 Å². The van der Waals surface area contributed by atoms with Crippen molar-refractivity contribution in [3.8, 4) is 0 Å². The summed E-state index contributed by atoms with van der Waals surface area (Å²) in [5.41, 5.74) is 1.59. The minimum absolute atomic E-state index is 0.0446. The van der Waals surface area contributed by atoms with E-state index in [-0.39, 0.29) is 11.9 Å². The molecule has 21 heavy (non-hydrogen) atoms. The molecule has 1 aromatic heterocycles. The SMILES string of the molecule is CCCNC(Cc1ccc(Br)cc1F)c1cc(Cl)sc1Cl. The molecule has 1 N–H and O–H groups in total. The summed E-state index contributed by atoms with van der Waals surface area (Å²) in [6.45, 7) is 2.93. The third-order valence-electron chi connectivity index (χ3n) is 3.14. The first-order valence-electron chi connectivity index (χ1n) is 6.63. The van der Waals surface area contributed by atoms with Crippen molar-refractivity contribution in [2.24, 2.45) is 0 Å². The highest BCUT2D eigenvalue weighted by atomic mass is 79.9. The van der Waals surface area contributed by atoms with Gasteiger partial charge in [-0.2, -0.15) is 0 Å². The summed E-state index contributed by atoms with van der Waals surface area (Å²) in [6.07, 6.45) is 1.53. The van der Waals surface area contributed by atoms with E-state index in [0.717, 1.165) is 23.0 Å². The molecule has 0 aliphatic heterocycles. The lowest BCUT2D eigenvalue weighted by Gasteiger charge is -2.19. The molecule has 2 aromatic rings. The van der Waals surface area contributed by atoms with Gasteiger partial charge in [0.15, 0.2) is 0 Å². The van der Waals surface area contributed by atoms with Gasteiger partial charge >= 0.3 is 0 Å². The van der Waals surface area contributed by atoms with Crippen LogP contribution in [0.1, 0.15) is 30.5 Å². The topological polar surface area (TPSA) is 12.0 Å². The van der Waals surface area contributed by atoms with Crippen LogP contribution in [0.25, 0.3) is 0 Å². The van der Waals surface area contributed by atoms with Gasteiger partial charge in [-0.05, 0) is 43.1 Å². The molecule has 0 radical (unpaired) electrons. The lowest BCUT2D eigenvalue weighted by atomic mass is 10.0. The van der Waals surface area contributed by atoms with Gasteiger partial charge in [-0.3, -0.25) is 0 Å². The first-order valence-corrected chi connectivity index (χ1v) is 8.99. The molecule has 1 nitrogen and oxygen atoms in total. The van der Waals surface area contributed by atoms with E-state index in [0.29, 0.717) is 20.7 Å². The van der Waals surface area contributed by atoms with Gasteiger partial charge in [-0.15, -0.1) is 11.3 Å². The molecule has 0 fully saturated rings. The molecule has 0 amide bonds. The lowest BCUT2D eigenvalue weighted by Crippen LogP contribution is -2.24. The Morgan fingerprint density at radius 3 is 2.67 bits per heavy atom. The fraction of sp³-hybridized carbons (Fsp3) is 0.333. The zero-order valence-electron chi connectivity index (χ0n) is 11.4. The Bertz CT molecular complexity index is 618. The highest BCUT2D eigenvalue weighted by molar-refractivity contribution is 9.10. The van der Waals surface area contributed by atoms with Crippen LogP contribution in [0.2, 0.25) is 8.67 Å². The van der Waals surface area contributed by atoms with Crippen LogP contribution in [0.3, 0.4) is 0 Å². The maximum absolute atomic E-state index is 14.0. The molecule has 1 heterocycles. The summed E-state index contributed by atoms with van der Waals surface area (Å²) >= 11 is 16.9. The van der Waals surface area contributed by atoms with Gasteiger partial charge in [0.1, 0.15) is 5.82 Å². The number of benzene rings is 1. The number of thiophene rings is 1. The maximum atomic E-state index is 14.0. The minimum Gasteiger partial charge on any atom is -0.310 e. The van der Waals surface area contributed by atoms with Crippen molar-refractivity contribution in [3.05, 3.63) is 54.4 Å². The number of hydrogen-bond donors (Lipinski definition) is 1. The van der Waals surface area contributed by atoms with Crippen LogP contribution in [0.15, 0.2) is 28.7 Å². The number of rotatable bonds is 6. The van der Waals surface area contributed by atoms with E-state index in [1.54, 1.807) is 6.07 Å². The predicted molar refractivity (Wildman–Crippen MR) is 93.2 cm³/mol. The Morgan fingerprint density at radius 1 is 1.33 bits per heavy atom. The fourth-order valence-electron chi connectivity index (χ4n) is 2.11. The first kappa shape index (κ1) is 17.2. The predicted octanol–water partition coefficient (Wildman–Crippen LogP) is 6.24. The second kappa shape index (κ2) is 7.93. The zero-order chi connectivity index (χ0) is 15.4. The Balaban J connectivity index is 2.26. The van der Waals surface area contributed by atoms with Crippen LogP contribution < -0.4 is 5.32 Å². The number of halogens is 4. The summed E-state index contributed by atoms with van der Waals surface area (Å²) in [5, 5.41) is 3.42. The van der Waals surface area contributed by atoms with E-state index in [2.05, 4.69) is 28.2 Å². The monoisotopic (exact) mass is 409 g/mol. The minimum atomic E-state index is -0.217. The Kier molecular flexibility index (Phi) is 6.51. The van der Waals surface area contributed by atoms with Crippen LogP contribution in [-0.4, -0.2) is 6.54 Å². The van der Waals surface area contributed by atoms with Crippen LogP contribution in [0, 0.1) is 5.82 Å². The van der Waals surface area contributed by atoms with Gasteiger partial charge < -0.3 is 5.32 Å². The second-order valence-corrected chi connectivity index (χ2v) is 7.93. The van der Waals surface area contributed by atoms with E-state index in [4.69, 9.17) is 23.2 Å². The van der Waals surface area contributed by atoms with Crippen molar-refractivity contribution in [2.45, 2.75) is 25.8 Å². The Labute approximate surface area is 146 Å². The van der Waals surface area contributed by atoms with Crippen molar-refractivity contribution in [1.82, 2.24) is 5.32 Å². The van der Waals surface area contributed by atoms with Gasteiger partial charge in [0.2, 0.25) is 0 Å². The van der Waals surface area contributed by atoms with Crippen LogP contribution in [0.4, 0.5) is 4.39 Å². The largest absolute Gasteiger partial charge is 0.310 e. The Hall–Kier alpha value is -0.130. The lowest BCUT2D eigenvalue weighted by molar-refractivity contribution is 0.514. The molecule has 1 unspecified atom stereocenters. The quantitative estimate of drug-likeness (QED) is 0.594. The third kappa shape index (κ3) is 4.67. The average molecular weight is 411 g/mol. The molecule has 0 aliphatic carbocycles. The molecule has 0 saturated carbocycles. The first-order chi connectivity index (χ1) is 10.0. The summed E-state index contributed by atoms with van der Waals surface area (Å²) in [6, 6.07) is 6.93. The van der Waals surface area contributed by atoms with Crippen LogP contribution >= 0.6 is 50.5 Å². The van der Waals surface area contributed by atoms with Crippen LogP contribution in [-0.2, 0) is 6.42 Å². The van der Waals surface area contributed by atoms with E-state index < -0.39 is 0 Å². The molecule has 6 heteroatoms. The van der Waals surface area contributed by atoms with E-state index in [1.807, 2.05) is 12.1 Å². The molecule has 2 rings (SSSR count). The normalized spacial score (nSPS) is 12.6. The van der Waals surface area contributed by atoms with Gasteiger partial charge in [-0.25, -0.2) is 4.39 Å². The number of hydrogen-bond acceptors (Lipinski definition) is 2. The van der Waals surface area contributed by atoms with Crippen LogP contribution in [0.5, 0.6) is 0 Å². The molecule has 1 atom stereocenters. The maximum Gasteiger partial charge on any atom is 0.127 e. The number of nitrogens with one attached hydrogen (secondary N) is 1. The van der Waals surface area contributed by atoms with Crippen molar-refractivity contribution in [1.29, 1.82) is 0 Å². The van der Waals surface area contributed by atoms with Gasteiger partial charge in [0, 0.05) is 16.1 Å². The van der Waals surface area contributed by atoms with Crippen molar-refractivity contribution >= 4 is 50.5 Å². The standard InChI is InChI=1S/C15H15BrCl2FNS/c1-2-5-20-13(11-8-14(17)21-15(11)18)6-9-3-4-10(16)7-12(9)19/h3-4,7-8,13,20H,2,5-6H2,1H3. The molecule has 0 saturated heterocycles. The molecule has 0 aliphatic rings. The second-order valence-electron chi connectivity index (χ2n) is 4.73. The molecule has 0 spiro atoms. The summed E-state index contributed by atoms with van der Waals surface area (Å²) in [7, 11) is 0. The summed E-state index contributed by atoms with van der Waals surface area (Å²) < 4.78 is 16.1. The highest BCUT2D eigenvalue weighted by Gasteiger charge is 2.19. The van der Waals surface area contributed by atoms with Gasteiger partial charge in [0.05, 0.1) is 8.67 Å². The molecule has 114 valence electrons.